The van der Waals surface area contributed by atoms with Gasteiger partial charge in [0.2, 0.25) is 0 Å². The molecule has 0 spiro atoms. The molecule has 0 bridgehead atoms. The van der Waals surface area contributed by atoms with E-state index in [1.807, 2.05) is 12.3 Å². The molecule has 2 aromatic heterocycles. The van der Waals surface area contributed by atoms with Crippen molar-refractivity contribution in [1.82, 2.24) is 9.55 Å². The highest BCUT2D eigenvalue weighted by Gasteiger charge is 2.18. The van der Waals surface area contributed by atoms with Crippen molar-refractivity contribution in [2.45, 2.75) is 26.9 Å². The van der Waals surface area contributed by atoms with Gasteiger partial charge < -0.3 is 9.47 Å². The SMILES string of the molecule is Cc1c(C)n(C)c2ccnc(N(Cc3ccc(F)cc3)Cc3ccc(F)cc3)c12. The molecule has 2 aromatic carbocycles. The van der Waals surface area contributed by atoms with E-state index < -0.39 is 0 Å². The molecule has 5 heteroatoms. The van der Waals surface area contributed by atoms with Crippen LogP contribution in [-0.4, -0.2) is 9.55 Å². The normalized spacial score (nSPS) is 11.2. The monoisotopic (exact) mass is 391 g/mol. The number of rotatable bonds is 5. The van der Waals surface area contributed by atoms with Crippen LogP contribution in [0.3, 0.4) is 0 Å². The Kier molecular flexibility index (Phi) is 5.05. The lowest BCUT2D eigenvalue weighted by Crippen LogP contribution is -2.23. The van der Waals surface area contributed by atoms with Gasteiger partial charge in [-0.15, -0.1) is 0 Å². The zero-order chi connectivity index (χ0) is 20.5. The van der Waals surface area contributed by atoms with Crippen LogP contribution in [0.2, 0.25) is 0 Å². The summed E-state index contributed by atoms with van der Waals surface area (Å²) in [6.45, 7) is 5.34. The van der Waals surface area contributed by atoms with E-state index in [2.05, 4.69) is 30.4 Å². The van der Waals surface area contributed by atoms with Crippen LogP contribution in [0.15, 0.2) is 60.8 Å². The number of aryl methyl sites for hydroxylation is 2. The quantitative estimate of drug-likeness (QED) is 0.437. The molecule has 0 atom stereocenters. The van der Waals surface area contributed by atoms with Crippen molar-refractivity contribution >= 4 is 16.7 Å². The lowest BCUT2D eigenvalue weighted by atomic mass is 10.1. The standard InChI is InChI=1S/C24H23F2N3/c1-16-17(2)28(3)22-12-13-27-24(23(16)22)29(14-18-4-8-20(25)9-5-18)15-19-6-10-21(26)11-7-19/h4-13H,14-15H2,1-3H3. The summed E-state index contributed by atoms with van der Waals surface area (Å²) in [6.07, 6.45) is 1.82. The molecular weight excluding hydrogens is 368 g/mol. The molecule has 29 heavy (non-hydrogen) atoms. The Bertz CT molecular complexity index is 1100. The van der Waals surface area contributed by atoms with Gasteiger partial charge in [0.25, 0.3) is 0 Å². The van der Waals surface area contributed by atoms with E-state index in [-0.39, 0.29) is 11.6 Å². The van der Waals surface area contributed by atoms with E-state index in [0.717, 1.165) is 27.8 Å². The summed E-state index contributed by atoms with van der Waals surface area (Å²) in [6, 6.07) is 15.1. The third-order valence-electron chi connectivity index (χ3n) is 5.56. The van der Waals surface area contributed by atoms with Gasteiger partial charge in [0.05, 0.1) is 5.52 Å². The van der Waals surface area contributed by atoms with Gasteiger partial charge in [0.1, 0.15) is 17.5 Å². The van der Waals surface area contributed by atoms with Crippen molar-refractivity contribution in [2.24, 2.45) is 7.05 Å². The second kappa shape index (κ2) is 7.66. The third kappa shape index (κ3) is 3.73. The van der Waals surface area contributed by atoms with Gasteiger partial charge in [-0.3, -0.25) is 0 Å². The summed E-state index contributed by atoms with van der Waals surface area (Å²) in [7, 11) is 2.05. The Morgan fingerprint density at radius 2 is 1.34 bits per heavy atom. The first-order valence-corrected chi connectivity index (χ1v) is 9.58. The molecular formula is C24H23F2N3. The molecule has 0 fully saturated rings. The van der Waals surface area contributed by atoms with Gasteiger partial charge >= 0.3 is 0 Å². The van der Waals surface area contributed by atoms with Crippen LogP contribution in [0.1, 0.15) is 22.4 Å². The van der Waals surface area contributed by atoms with Crippen molar-refractivity contribution in [3.05, 3.63) is 94.8 Å². The van der Waals surface area contributed by atoms with Crippen LogP contribution in [-0.2, 0) is 20.1 Å². The highest BCUT2D eigenvalue weighted by atomic mass is 19.1. The summed E-state index contributed by atoms with van der Waals surface area (Å²) in [5.74, 6) is 0.361. The molecule has 148 valence electrons. The Balaban J connectivity index is 1.81. The van der Waals surface area contributed by atoms with Gasteiger partial charge in [-0.2, -0.15) is 0 Å². The van der Waals surface area contributed by atoms with Crippen molar-refractivity contribution in [3.63, 3.8) is 0 Å². The van der Waals surface area contributed by atoms with E-state index in [0.29, 0.717) is 13.1 Å². The fourth-order valence-corrected chi connectivity index (χ4v) is 3.76. The van der Waals surface area contributed by atoms with E-state index in [9.17, 15) is 8.78 Å². The molecule has 4 rings (SSSR count). The average molecular weight is 391 g/mol. The number of hydrogen-bond donors (Lipinski definition) is 0. The number of aromatic nitrogens is 2. The van der Waals surface area contributed by atoms with Crippen LogP contribution < -0.4 is 4.90 Å². The molecule has 0 amide bonds. The van der Waals surface area contributed by atoms with E-state index in [4.69, 9.17) is 4.98 Å². The number of pyridine rings is 1. The summed E-state index contributed by atoms with van der Waals surface area (Å²) in [5, 5.41) is 1.11. The molecule has 0 N–H and O–H groups in total. The summed E-state index contributed by atoms with van der Waals surface area (Å²) in [4.78, 5) is 6.88. The minimum atomic E-state index is -0.256. The smallest absolute Gasteiger partial charge is 0.138 e. The second-order valence-electron chi connectivity index (χ2n) is 7.41. The molecule has 0 radical (unpaired) electrons. The Labute approximate surface area is 169 Å². The number of hydrogen-bond acceptors (Lipinski definition) is 2. The molecule has 3 nitrogen and oxygen atoms in total. The number of halogens is 2. The number of nitrogens with zero attached hydrogens (tertiary/aromatic N) is 3. The lowest BCUT2D eigenvalue weighted by molar-refractivity contribution is 0.626. The topological polar surface area (TPSA) is 21.1 Å². The van der Waals surface area contributed by atoms with E-state index >= 15 is 0 Å². The van der Waals surface area contributed by atoms with Crippen LogP contribution >= 0.6 is 0 Å². The maximum Gasteiger partial charge on any atom is 0.138 e. The van der Waals surface area contributed by atoms with Gasteiger partial charge in [-0.25, -0.2) is 13.8 Å². The molecule has 0 aliphatic heterocycles. The highest BCUT2D eigenvalue weighted by Crippen LogP contribution is 2.33. The van der Waals surface area contributed by atoms with E-state index in [1.54, 1.807) is 24.3 Å². The lowest BCUT2D eigenvalue weighted by Gasteiger charge is -2.25. The highest BCUT2D eigenvalue weighted by molar-refractivity contribution is 5.94. The Morgan fingerprint density at radius 1 is 0.828 bits per heavy atom. The molecule has 0 unspecified atom stereocenters. The van der Waals surface area contributed by atoms with Crippen LogP contribution in [0, 0.1) is 25.5 Å². The van der Waals surface area contributed by atoms with Crippen molar-refractivity contribution < 1.29 is 8.78 Å². The first-order chi connectivity index (χ1) is 13.9. The van der Waals surface area contributed by atoms with Crippen LogP contribution in [0.25, 0.3) is 10.9 Å². The minimum Gasteiger partial charge on any atom is -0.348 e. The maximum atomic E-state index is 13.4. The van der Waals surface area contributed by atoms with Crippen LogP contribution in [0.4, 0.5) is 14.6 Å². The molecule has 2 heterocycles. The van der Waals surface area contributed by atoms with Gasteiger partial charge in [0, 0.05) is 37.4 Å². The second-order valence-corrected chi connectivity index (χ2v) is 7.41. The number of benzene rings is 2. The van der Waals surface area contributed by atoms with Gasteiger partial charge in [-0.05, 0) is 60.9 Å². The Hall–Kier alpha value is -3.21. The van der Waals surface area contributed by atoms with Crippen molar-refractivity contribution in [2.75, 3.05) is 4.90 Å². The number of fused-ring (bicyclic) bond motifs is 1. The maximum absolute atomic E-state index is 13.4. The average Bonchev–Trinajstić information content (AvgIpc) is 2.95. The molecule has 0 saturated heterocycles. The summed E-state index contributed by atoms with van der Waals surface area (Å²) >= 11 is 0. The summed E-state index contributed by atoms with van der Waals surface area (Å²) < 4.78 is 28.9. The molecule has 0 aliphatic rings. The predicted octanol–water partition coefficient (Wildman–Crippen LogP) is 5.68. The third-order valence-corrected chi connectivity index (χ3v) is 5.56. The Morgan fingerprint density at radius 3 is 1.86 bits per heavy atom. The fraction of sp³-hybridized carbons (Fsp3) is 0.208. The minimum absolute atomic E-state index is 0.256. The van der Waals surface area contributed by atoms with Crippen molar-refractivity contribution in [3.8, 4) is 0 Å². The van der Waals surface area contributed by atoms with Gasteiger partial charge in [0.15, 0.2) is 0 Å². The van der Waals surface area contributed by atoms with Crippen molar-refractivity contribution in [1.29, 1.82) is 0 Å². The predicted molar refractivity (Wildman–Crippen MR) is 113 cm³/mol. The van der Waals surface area contributed by atoms with E-state index in [1.165, 1.54) is 35.5 Å². The first-order valence-electron chi connectivity index (χ1n) is 9.58. The molecule has 0 aliphatic carbocycles. The summed E-state index contributed by atoms with van der Waals surface area (Å²) in [5.41, 5.74) is 5.47. The first kappa shape index (κ1) is 19.1. The molecule has 4 aromatic rings. The van der Waals surface area contributed by atoms with Gasteiger partial charge in [-0.1, -0.05) is 24.3 Å². The largest absolute Gasteiger partial charge is 0.348 e. The zero-order valence-corrected chi connectivity index (χ0v) is 16.8. The fourth-order valence-electron chi connectivity index (χ4n) is 3.76. The van der Waals surface area contributed by atoms with Crippen LogP contribution in [0.5, 0.6) is 0 Å². The molecule has 0 saturated carbocycles. The zero-order valence-electron chi connectivity index (χ0n) is 16.8. The number of anilines is 1.